The van der Waals surface area contributed by atoms with E-state index in [1.165, 1.54) is 5.56 Å². The maximum absolute atomic E-state index is 5.70. The van der Waals surface area contributed by atoms with Gasteiger partial charge in [0.2, 0.25) is 5.88 Å². The lowest BCUT2D eigenvalue weighted by Gasteiger charge is -2.07. The van der Waals surface area contributed by atoms with Crippen molar-refractivity contribution in [3.63, 3.8) is 0 Å². The quantitative estimate of drug-likeness (QED) is 0.877. The van der Waals surface area contributed by atoms with Gasteiger partial charge in [-0.25, -0.2) is 4.98 Å². The predicted octanol–water partition coefficient (Wildman–Crippen LogP) is 2.38. The molecule has 1 aromatic carbocycles. The summed E-state index contributed by atoms with van der Waals surface area (Å²) in [6.07, 6.45) is 2.53. The standard InChI is InChI=1S/C14H16N2O2/c1-17-14-10-13(7-9-16-14)18-12-4-2-11(3-5-12)6-8-15/h2-5,7,9-10H,6,8,15H2,1H3. The molecule has 0 saturated heterocycles. The third kappa shape index (κ3) is 3.21. The number of pyridine rings is 1. The Labute approximate surface area is 106 Å². The minimum absolute atomic E-state index is 0.534. The fraction of sp³-hybridized carbons (Fsp3) is 0.214. The van der Waals surface area contributed by atoms with Crippen molar-refractivity contribution in [2.24, 2.45) is 5.73 Å². The number of ether oxygens (including phenoxy) is 2. The molecule has 0 aliphatic rings. The lowest BCUT2D eigenvalue weighted by atomic mass is 10.1. The van der Waals surface area contributed by atoms with E-state index in [1.54, 1.807) is 25.4 Å². The highest BCUT2D eigenvalue weighted by atomic mass is 16.5. The second-order valence-corrected chi connectivity index (χ2v) is 3.82. The normalized spacial score (nSPS) is 10.1. The highest BCUT2D eigenvalue weighted by Crippen LogP contribution is 2.23. The Morgan fingerprint density at radius 1 is 1.11 bits per heavy atom. The Hall–Kier alpha value is -2.07. The second-order valence-electron chi connectivity index (χ2n) is 3.82. The molecule has 1 heterocycles. The molecule has 2 rings (SSSR count). The van der Waals surface area contributed by atoms with Crippen LogP contribution >= 0.6 is 0 Å². The van der Waals surface area contributed by atoms with Gasteiger partial charge in [0, 0.05) is 12.3 Å². The summed E-state index contributed by atoms with van der Waals surface area (Å²) < 4.78 is 10.7. The van der Waals surface area contributed by atoms with Gasteiger partial charge in [-0.15, -0.1) is 0 Å². The summed E-state index contributed by atoms with van der Waals surface area (Å²) >= 11 is 0. The lowest BCUT2D eigenvalue weighted by molar-refractivity contribution is 0.392. The first kappa shape index (κ1) is 12.4. The van der Waals surface area contributed by atoms with Gasteiger partial charge in [-0.05, 0) is 36.7 Å². The molecular weight excluding hydrogens is 228 g/mol. The zero-order valence-electron chi connectivity index (χ0n) is 10.3. The molecule has 0 spiro atoms. The molecule has 0 amide bonds. The molecule has 4 heteroatoms. The van der Waals surface area contributed by atoms with Gasteiger partial charge in [-0.2, -0.15) is 0 Å². The van der Waals surface area contributed by atoms with Gasteiger partial charge in [0.25, 0.3) is 0 Å². The van der Waals surface area contributed by atoms with E-state index in [9.17, 15) is 0 Å². The Kier molecular flexibility index (Phi) is 4.15. The fourth-order valence-electron chi connectivity index (χ4n) is 1.59. The second kappa shape index (κ2) is 6.02. The third-order valence-corrected chi connectivity index (χ3v) is 2.51. The van der Waals surface area contributed by atoms with Crippen LogP contribution < -0.4 is 15.2 Å². The number of aromatic nitrogens is 1. The van der Waals surface area contributed by atoms with Crippen LogP contribution in [0.15, 0.2) is 42.6 Å². The van der Waals surface area contributed by atoms with E-state index in [-0.39, 0.29) is 0 Å². The van der Waals surface area contributed by atoms with Gasteiger partial charge in [-0.1, -0.05) is 12.1 Å². The van der Waals surface area contributed by atoms with Crippen LogP contribution in [-0.2, 0) is 6.42 Å². The number of methoxy groups -OCH3 is 1. The van der Waals surface area contributed by atoms with Crippen molar-refractivity contribution >= 4 is 0 Å². The Morgan fingerprint density at radius 2 is 1.89 bits per heavy atom. The van der Waals surface area contributed by atoms with Gasteiger partial charge in [0.05, 0.1) is 7.11 Å². The van der Waals surface area contributed by atoms with Crippen molar-refractivity contribution in [2.45, 2.75) is 6.42 Å². The maximum Gasteiger partial charge on any atom is 0.216 e. The van der Waals surface area contributed by atoms with Crippen molar-refractivity contribution in [1.29, 1.82) is 0 Å². The topological polar surface area (TPSA) is 57.4 Å². The van der Waals surface area contributed by atoms with Gasteiger partial charge < -0.3 is 15.2 Å². The summed E-state index contributed by atoms with van der Waals surface area (Å²) in [5.74, 6) is 2.02. The minimum atomic E-state index is 0.534. The minimum Gasteiger partial charge on any atom is -0.481 e. The van der Waals surface area contributed by atoms with Crippen molar-refractivity contribution in [3.05, 3.63) is 48.2 Å². The van der Waals surface area contributed by atoms with Gasteiger partial charge in [-0.3, -0.25) is 0 Å². The van der Waals surface area contributed by atoms with Crippen LogP contribution in [0.5, 0.6) is 17.4 Å². The van der Waals surface area contributed by atoms with Crippen LogP contribution in [0.1, 0.15) is 5.56 Å². The zero-order valence-corrected chi connectivity index (χ0v) is 10.3. The summed E-state index contributed by atoms with van der Waals surface area (Å²) in [6.45, 7) is 0.655. The van der Waals surface area contributed by atoms with Gasteiger partial charge in [0.15, 0.2) is 0 Å². The third-order valence-electron chi connectivity index (χ3n) is 2.51. The number of hydrogen-bond acceptors (Lipinski definition) is 4. The molecule has 2 aromatic rings. The molecule has 0 saturated carbocycles. The first-order valence-corrected chi connectivity index (χ1v) is 5.78. The van der Waals surface area contributed by atoms with Crippen molar-refractivity contribution in [1.82, 2.24) is 4.98 Å². The van der Waals surface area contributed by atoms with Crippen LogP contribution in [0.25, 0.3) is 0 Å². The van der Waals surface area contributed by atoms with E-state index in [0.717, 1.165) is 12.2 Å². The van der Waals surface area contributed by atoms with Crippen molar-refractivity contribution < 1.29 is 9.47 Å². The van der Waals surface area contributed by atoms with E-state index in [0.29, 0.717) is 18.2 Å². The Morgan fingerprint density at radius 3 is 2.56 bits per heavy atom. The summed E-state index contributed by atoms with van der Waals surface area (Å²) in [5, 5.41) is 0. The van der Waals surface area contributed by atoms with E-state index in [4.69, 9.17) is 15.2 Å². The molecule has 4 nitrogen and oxygen atoms in total. The Balaban J connectivity index is 2.08. The van der Waals surface area contributed by atoms with Crippen LogP contribution in [0, 0.1) is 0 Å². The summed E-state index contributed by atoms with van der Waals surface area (Å²) in [6, 6.07) is 11.4. The number of nitrogens with two attached hydrogens (primary N) is 1. The van der Waals surface area contributed by atoms with Crippen LogP contribution in [0.4, 0.5) is 0 Å². The summed E-state index contributed by atoms with van der Waals surface area (Å²) in [4.78, 5) is 4.02. The molecular formula is C14H16N2O2. The largest absolute Gasteiger partial charge is 0.481 e. The highest BCUT2D eigenvalue weighted by molar-refractivity contribution is 5.34. The molecule has 0 atom stereocenters. The number of nitrogens with zero attached hydrogens (tertiary/aromatic N) is 1. The molecule has 0 unspecified atom stereocenters. The van der Waals surface area contributed by atoms with E-state index in [1.807, 2.05) is 24.3 Å². The number of hydrogen-bond donors (Lipinski definition) is 1. The average molecular weight is 244 g/mol. The first-order valence-electron chi connectivity index (χ1n) is 5.78. The molecule has 18 heavy (non-hydrogen) atoms. The molecule has 1 aromatic heterocycles. The molecule has 0 radical (unpaired) electrons. The smallest absolute Gasteiger partial charge is 0.216 e. The summed E-state index contributed by atoms with van der Waals surface area (Å²) in [5.41, 5.74) is 6.71. The fourth-order valence-corrected chi connectivity index (χ4v) is 1.59. The molecule has 2 N–H and O–H groups in total. The van der Waals surface area contributed by atoms with E-state index in [2.05, 4.69) is 4.98 Å². The number of rotatable bonds is 5. The van der Waals surface area contributed by atoms with Crippen molar-refractivity contribution in [3.8, 4) is 17.4 Å². The molecule has 0 aliphatic heterocycles. The average Bonchev–Trinajstić information content (AvgIpc) is 2.42. The predicted molar refractivity (Wildman–Crippen MR) is 70.1 cm³/mol. The SMILES string of the molecule is COc1cc(Oc2ccc(CCN)cc2)ccn1. The lowest BCUT2D eigenvalue weighted by Crippen LogP contribution is -2.02. The monoisotopic (exact) mass is 244 g/mol. The van der Waals surface area contributed by atoms with Crippen LogP contribution in [0.2, 0.25) is 0 Å². The maximum atomic E-state index is 5.70. The van der Waals surface area contributed by atoms with Crippen LogP contribution in [0.3, 0.4) is 0 Å². The zero-order chi connectivity index (χ0) is 12.8. The van der Waals surface area contributed by atoms with Gasteiger partial charge in [0.1, 0.15) is 11.5 Å². The number of benzene rings is 1. The van der Waals surface area contributed by atoms with E-state index >= 15 is 0 Å². The highest BCUT2D eigenvalue weighted by Gasteiger charge is 2.00. The molecule has 0 aliphatic carbocycles. The molecule has 94 valence electrons. The molecule has 0 bridgehead atoms. The molecule has 0 fully saturated rings. The van der Waals surface area contributed by atoms with Crippen LogP contribution in [-0.4, -0.2) is 18.6 Å². The van der Waals surface area contributed by atoms with E-state index < -0.39 is 0 Å². The summed E-state index contributed by atoms with van der Waals surface area (Å²) in [7, 11) is 1.58. The van der Waals surface area contributed by atoms with Crippen molar-refractivity contribution in [2.75, 3.05) is 13.7 Å². The Bertz CT molecular complexity index is 497. The first-order chi connectivity index (χ1) is 8.81. The van der Waals surface area contributed by atoms with Gasteiger partial charge >= 0.3 is 0 Å².